The fourth-order valence-corrected chi connectivity index (χ4v) is 4.42. The highest BCUT2D eigenvalue weighted by molar-refractivity contribution is 7.22. The molecule has 1 aliphatic heterocycles. The molecule has 1 aromatic heterocycles. The van der Waals surface area contributed by atoms with Crippen molar-refractivity contribution in [3.05, 3.63) is 48.2 Å². The van der Waals surface area contributed by atoms with Gasteiger partial charge in [-0.3, -0.25) is 10.3 Å². The standard InChI is InChI=1S/C24H26N4O5S/c1-24(2,3)33-23(30)28-22-27-20-15(13-5-6-17-18(10-13)32-12-31-17)9-14(11-19(20)34-22)21(29)16(26-4)7-8-25/h5-11,21,29H,12,25H2,1-4H3,(H,27,28,30). The summed E-state index contributed by atoms with van der Waals surface area (Å²) in [5.41, 5.74) is 8.14. The summed E-state index contributed by atoms with van der Waals surface area (Å²) < 4.78 is 17.1. The van der Waals surface area contributed by atoms with Gasteiger partial charge in [0, 0.05) is 12.6 Å². The van der Waals surface area contributed by atoms with Crippen LogP contribution in [0.1, 0.15) is 32.4 Å². The molecule has 0 radical (unpaired) electrons. The third kappa shape index (κ3) is 4.97. The largest absolute Gasteiger partial charge is 0.454 e. The van der Waals surface area contributed by atoms with Gasteiger partial charge in [-0.25, -0.2) is 9.78 Å². The van der Waals surface area contributed by atoms with Crippen molar-refractivity contribution in [2.45, 2.75) is 32.5 Å². The van der Waals surface area contributed by atoms with E-state index in [2.05, 4.69) is 15.3 Å². The molecule has 0 aliphatic carbocycles. The minimum absolute atomic E-state index is 0.162. The number of fused-ring (bicyclic) bond motifs is 2. The maximum absolute atomic E-state index is 12.3. The molecule has 2 aromatic carbocycles. The Morgan fingerprint density at radius 3 is 2.76 bits per heavy atom. The van der Waals surface area contributed by atoms with E-state index in [9.17, 15) is 9.90 Å². The quantitative estimate of drug-likeness (QED) is 0.453. The van der Waals surface area contributed by atoms with Gasteiger partial charge in [-0.15, -0.1) is 0 Å². The summed E-state index contributed by atoms with van der Waals surface area (Å²) >= 11 is 1.28. The number of carbonyl (C=O) groups is 1. The van der Waals surface area contributed by atoms with Crippen molar-refractivity contribution in [2.24, 2.45) is 10.7 Å². The fourth-order valence-electron chi connectivity index (χ4n) is 3.49. The summed E-state index contributed by atoms with van der Waals surface area (Å²) in [6, 6.07) is 9.26. The minimum Gasteiger partial charge on any atom is -0.454 e. The molecule has 4 rings (SSSR count). The van der Waals surface area contributed by atoms with Crippen molar-refractivity contribution in [2.75, 3.05) is 19.2 Å². The number of thiazole rings is 1. The first-order chi connectivity index (χ1) is 16.2. The van der Waals surface area contributed by atoms with E-state index in [-0.39, 0.29) is 6.79 Å². The van der Waals surface area contributed by atoms with Crippen LogP contribution in [0.4, 0.5) is 9.93 Å². The number of nitrogens with two attached hydrogens (primary N) is 1. The number of nitrogens with zero attached hydrogens (tertiary/aromatic N) is 2. The maximum Gasteiger partial charge on any atom is 0.413 e. The van der Waals surface area contributed by atoms with Crippen LogP contribution >= 0.6 is 11.3 Å². The summed E-state index contributed by atoms with van der Waals surface area (Å²) in [6.07, 6.45) is 1.28. The monoisotopic (exact) mass is 482 g/mol. The van der Waals surface area contributed by atoms with Crippen molar-refractivity contribution in [3.8, 4) is 22.6 Å². The van der Waals surface area contributed by atoms with Crippen molar-refractivity contribution < 1.29 is 24.1 Å². The van der Waals surface area contributed by atoms with Gasteiger partial charge in [-0.2, -0.15) is 0 Å². The molecule has 9 nitrogen and oxygen atoms in total. The van der Waals surface area contributed by atoms with Gasteiger partial charge >= 0.3 is 6.09 Å². The Labute approximate surface area is 200 Å². The zero-order valence-electron chi connectivity index (χ0n) is 19.3. The minimum atomic E-state index is -1.01. The van der Waals surface area contributed by atoms with E-state index >= 15 is 0 Å². The van der Waals surface area contributed by atoms with E-state index in [0.29, 0.717) is 33.4 Å². The highest BCUT2D eigenvalue weighted by Crippen LogP contribution is 2.41. The Morgan fingerprint density at radius 1 is 1.29 bits per heavy atom. The van der Waals surface area contributed by atoms with Crippen LogP contribution in [-0.4, -0.2) is 41.3 Å². The summed E-state index contributed by atoms with van der Waals surface area (Å²) in [5.74, 6) is 1.29. The summed E-state index contributed by atoms with van der Waals surface area (Å²) in [6.45, 7) is 5.53. The van der Waals surface area contributed by atoms with Crippen LogP contribution in [0, 0.1) is 0 Å². The molecule has 178 valence electrons. The topological polar surface area (TPSA) is 128 Å². The number of aliphatic hydroxyl groups excluding tert-OH is 1. The molecule has 0 bridgehead atoms. The Bertz CT molecular complexity index is 1290. The second-order valence-electron chi connectivity index (χ2n) is 8.54. The van der Waals surface area contributed by atoms with E-state index in [1.807, 2.05) is 30.3 Å². The van der Waals surface area contributed by atoms with Crippen LogP contribution in [-0.2, 0) is 4.74 Å². The van der Waals surface area contributed by atoms with Gasteiger partial charge in [0.15, 0.2) is 16.6 Å². The average molecular weight is 483 g/mol. The van der Waals surface area contributed by atoms with Crippen molar-refractivity contribution in [1.82, 2.24) is 4.98 Å². The van der Waals surface area contributed by atoms with Crippen LogP contribution in [0.2, 0.25) is 0 Å². The van der Waals surface area contributed by atoms with Gasteiger partial charge < -0.3 is 25.1 Å². The van der Waals surface area contributed by atoms with E-state index < -0.39 is 17.8 Å². The second-order valence-corrected chi connectivity index (χ2v) is 9.57. The third-order valence-electron chi connectivity index (χ3n) is 4.93. The Balaban J connectivity index is 1.81. The Hall–Kier alpha value is -3.63. The normalized spacial score (nSPS) is 14.6. The molecule has 0 saturated heterocycles. The molecule has 1 aliphatic rings. The summed E-state index contributed by atoms with van der Waals surface area (Å²) in [5, 5.41) is 14.1. The lowest BCUT2D eigenvalue weighted by Crippen LogP contribution is -2.27. The van der Waals surface area contributed by atoms with Gasteiger partial charge in [-0.1, -0.05) is 17.4 Å². The van der Waals surface area contributed by atoms with Crippen molar-refractivity contribution >= 4 is 38.5 Å². The zero-order chi connectivity index (χ0) is 24.5. The predicted molar refractivity (Wildman–Crippen MR) is 133 cm³/mol. The van der Waals surface area contributed by atoms with E-state index in [4.69, 9.17) is 19.9 Å². The molecule has 2 heterocycles. The number of aromatic nitrogens is 1. The third-order valence-corrected chi connectivity index (χ3v) is 5.85. The Morgan fingerprint density at radius 2 is 2.06 bits per heavy atom. The van der Waals surface area contributed by atoms with E-state index in [0.717, 1.165) is 15.8 Å². The van der Waals surface area contributed by atoms with Gasteiger partial charge in [-0.05, 0) is 68.4 Å². The number of aliphatic hydroxyl groups is 1. The van der Waals surface area contributed by atoms with Gasteiger partial charge in [0.25, 0.3) is 0 Å². The summed E-state index contributed by atoms with van der Waals surface area (Å²) in [4.78, 5) is 21.1. The zero-order valence-corrected chi connectivity index (χ0v) is 20.1. The first-order valence-corrected chi connectivity index (χ1v) is 11.4. The molecule has 0 saturated carbocycles. The molecule has 1 amide bonds. The number of nitrogens with one attached hydrogen (secondary N) is 1. The number of ether oxygens (including phenoxy) is 3. The van der Waals surface area contributed by atoms with Crippen LogP contribution in [0.25, 0.3) is 21.3 Å². The number of carbonyl (C=O) groups excluding carboxylic acids is 1. The molecule has 1 atom stereocenters. The molecule has 10 heteroatoms. The lowest BCUT2D eigenvalue weighted by atomic mass is 9.97. The lowest BCUT2D eigenvalue weighted by Gasteiger charge is -2.18. The first kappa shape index (κ1) is 23.5. The highest BCUT2D eigenvalue weighted by Gasteiger charge is 2.22. The van der Waals surface area contributed by atoms with E-state index in [1.54, 1.807) is 33.9 Å². The number of anilines is 1. The number of benzene rings is 2. The molecule has 0 spiro atoms. The molecule has 3 aromatic rings. The maximum atomic E-state index is 12.3. The highest BCUT2D eigenvalue weighted by atomic mass is 32.1. The second kappa shape index (κ2) is 9.32. The first-order valence-electron chi connectivity index (χ1n) is 10.6. The van der Waals surface area contributed by atoms with Gasteiger partial charge in [0.2, 0.25) is 6.79 Å². The number of amides is 1. The molecular formula is C24H26N4O5S. The molecular weight excluding hydrogens is 456 g/mol. The van der Waals surface area contributed by atoms with E-state index in [1.165, 1.54) is 17.5 Å². The van der Waals surface area contributed by atoms with Crippen LogP contribution in [0.5, 0.6) is 11.5 Å². The number of aliphatic imine (C=N–C) groups is 1. The van der Waals surface area contributed by atoms with Crippen molar-refractivity contribution in [1.29, 1.82) is 0 Å². The van der Waals surface area contributed by atoms with Crippen LogP contribution in [0.3, 0.4) is 0 Å². The lowest BCUT2D eigenvalue weighted by molar-refractivity contribution is 0.0636. The van der Waals surface area contributed by atoms with Crippen LogP contribution < -0.4 is 20.5 Å². The molecule has 34 heavy (non-hydrogen) atoms. The smallest absolute Gasteiger partial charge is 0.413 e. The number of rotatable bonds is 5. The fraction of sp³-hybridized carbons (Fsp3) is 0.292. The average Bonchev–Trinajstić information content (AvgIpc) is 3.40. The number of hydrogen-bond donors (Lipinski definition) is 3. The molecule has 1 unspecified atom stereocenters. The predicted octanol–water partition coefficient (Wildman–Crippen LogP) is 4.62. The molecule has 0 fully saturated rings. The van der Waals surface area contributed by atoms with Gasteiger partial charge in [0.1, 0.15) is 11.7 Å². The van der Waals surface area contributed by atoms with Gasteiger partial charge in [0.05, 0.1) is 15.9 Å². The number of hydrogen-bond acceptors (Lipinski definition) is 9. The summed E-state index contributed by atoms with van der Waals surface area (Å²) in [7, 11) is 1.59. The Kier molecular flexibility index (Phi) is 6.45. The van der Waals surface area contributed by atoms with Crippen molar-refractivity contribution in [3.63, 3.8) is 0 Å². The van der Waals surface area contributed by atoms with Crippen LogP contribution in [0.15, 0.2) is 47.6 Å². The SMILES string of the molecule is CN=C(C=CN)C(O)c1cc(-c2ccc3c(c2)OCO3)c2nc(NC(=O)OC(C)(C)C)sc2c1. The molecule has 4 N–H and O–H groups in total.